The van der Waals surface area contributed by atoms with Crippen molar-refractivity contribution in [1.82, 2.24) is 0 Å². The Labute approximate surface area is 103 Å². The third-order valence-corrected chi connectivity index (χ3v) is 2.97. The highest BCUT2D eigenvalue weighted by molar-refractivity contribution is 6.03. The summed E-state index contributed by atoms with van der Waals surface area (Å²) in [5.74, 6) is 0.121. The fraction of sp³-hybridized carbons (Fsp3) is 0.188. The molecule has 1 aromatic rings. The standard InChI is InChI=1S/C16H17N/c1-2-14-9-6-10-15(16(14)17)12-11-13-7-4-3-5-8-13/h3-12,15,17H,2H2,1H3. The Morgan fingerprint density at radius 3 is 2.71 bits per heavy atom. The third kappa shape index (κ3) is 2.82. The zero-order valence-corrected chi connectivity index (χ0v) is 10.1. The van der Waals surface area contributed by atoms with Crippen LogP contribution in [0.4, 0.5) is 0 Å². The van der Waals surface area contributed by atoms with Gasteiger partial charge in [-0.05, 0) is 17.6 Å². The van der Waals surface area contributed by atoms with Gasteiger partial charge in [-0.3, -0.25) is 0 Å². The fourth-order valence-electron chi connectivity index (χ4n) is 1.94. The molecule has 0 aliphatic heterocycles. The molecule has 1 heteroatoms. The van der Waals surface area contributed by atoms with Crippen LogP contribution in [0.25, 0.3) is 6.08 Å². The van der Waals surface area contributed by atoms with Crippen molar-refractivity contribution in [2.45, 2.75) is 13.3 Å². The van der Waals surface area contributed by atoms with Crippen molar-refractivity contribution in [3.05, 3.63) is 65.8 Å². The van der Waals surface area contributed by atoms with E-state index >= 15 is 0 Å². The maximum atomic E-state index is 8.10. The minimum atomic E-state index is 0.121. The van der Waals surface area contributed by atoms with Crippen LogP contribution in [-0.4, -0.2) is 5.71 Å². The van der Waals surface area contributed by atoms with Gasteiger partial charge in [-0.15, -0.1) is 0 Å². The fourth-order valence-corrected chi connectivity index (χ4v) is 1.94. The molecule has 0 amide bonds. The summed E-state index contributed by atoms with van der Waals surface area (Å²) >= 11 is 0. The summed E-state index contributed by atoms with van der Waals surface area (Å²) in [6.45, 7) is 2.09. The lowest BCUT2D eigenvalue weighted by atomic mass is 9.90. The van der Waals surface area contributed by atoms with Crippen molar-refractivity contribution in [2.75, 3.05) is 0 Å². The number of hydrogen-bond acceptors (Lipinski definition) is 1. The second-order valence-corrected chi connectivity index (χ2v) is 4.14. The van der Waals surface area contributed by atoms with E-state index in [0.717, 1.165) is 17.7 Å². The Hall–Kier alpha value is -1.89. The summed E-state index contributed by atoms with van der Waals surface area (Å²) in [5, 5.41) is 8.10. The number of hydrogen-bond donors (Lipinski definition) is 1. The zero-order valence-electron chi connectivity index (χ0n) is 10.1. The highest BCUT2D eigenvalue weighted by Crippen LogP contribution is 2.19. The van der Waals surface area contributed by atoms with E-state index in [2.05, 4.69) is 43.4 Å². The molecular formula is C16H17N. The van der Waals surface area contributed by atoms with Gasteiger partial charge in [0.2, 0.25) is 0 Å². The zero-order chi connectivity index (χ0) is 12.1. The highest BCUT2D eigenvalue weighted by Gasteiger charge is 2.13. The SMILES string of the molecule is CCC1=CC=CC(C=Cc2ccccc2)C1=N. The van der Waals surface area contributed by atoms with E-state index < -0.39 is 0 Å². The molecule has 1 nitrogen and oxygen atoms in total. The Balaban J connectivity index is 2.11. The van der Waals surface area contributed by atoms with Gasteiger partial charge in [0.1, 0.15) is 0 Å². The molecule has 0 heterocycles. The van der Waals surface area contributed by atoms with Crippen LogP contribution in [0.5, 0.6) is 0 Å². The van der Waals surface area contributed by atoms with Crippen molar-refractivity contribution < 1.29 is 0 Å². The van der Waals surface area contributed by atoms with Crippen LogP contribution in [0.2, 0.25) is 0 Å². The monoisotopic (exact) mass is 223 g/mol. The minimum absolute atomic E-state index is 0.121. The van der Waals surface area contributed by atoms with Gasteiger partial charge in [-0.2, -0.15) is 0 Å². The molecule has 0 spiro atoms. The average molecular weight is 223 g/mol. The van der Waals surface area contributed by atoms with E-state index in [1.807, 2.05) is 24.3 Å². The van der Waals surface area contributed by atoms with Gasteiger partial charge in [0.25, 0.3) is 0 Å². The maximum Gasteiger partial charge on any atom is 0.0452 e. The van der Waals surface area contributed by atoms with Crippen LogP contribution >= 0.6 is 0 Å². The van der Waals surface area contributed by atoms with Crippen molar-refractivity contribution in [2.24, 2.45) is 5.92 Å². The van der Waals surface area contributed by atoms with Crippen molar-refractivity contribution in [1.29, 1.82) is 5.41 Å². The van der Waals surface area contributed by atoms with Crippen LogP contribution in [0.3, 0.4) is 0 Å². The molecule has 0 aromatic heterocycles. The molecule has 1 aliphatic carbocycles. The van der Waals surface area contributed by atoms with E-state index in [1.165, 1.54) is 5.56 Å². The molecule has 0 saturated heterocycles. The van der Waals surface area contributed by atoms with Gasteiger partial charge in [-0.1, -0.05) is 67.6 Å². The Morgan fingerprint density at radius 2 is 2.00 bits per heavy atom. The highest BCUT2D eigenvalue weighted by atomic mass is 14.4. The Morgan fingerprint density at radius 1 is 1.24 bits per heavy atom. The van der Waals surface area contributed by atoms with Gasteiger partial charge in [0, 0.05) is 11.6 Å². The van der Waals surface area contributed by atoms with E-state index in [9.17, 15) is 0 Å². The average Bonchev–Trinajstić information content (AvgIpc) is 2.39. The minimum Gasteiger partial charge on any atom is -0.304 e. The van der Waals surface area contributed by atoms with E-state index in [-0.39, 0.29) is 5.92 Å². The molecule has 0 saturated carbocycles. The number of benzene rings is 1. The molecule has 0 radical (unpaired) electrons. The smallest absolute Gasteiger partial charge is 0.0452 e. The number of rotatable bonds is 3. The third-order valence-electron chi connectivity index (χ3n) is 2.97. The first-order valence-corrected chi connectivity index (χ1v) is 6.00. The van der Waals surface area contributed by atoms with Gasteiger partial charge in [0.15, 0.2) is 0 Å². The maximum absolute atomic E-state index is 8.10. The van der Waals surface area contributed by atoms with Crippen LogP contribution in [0.1, 0.15) is 18.9 Å². The number of nitrogens with one attached hydrogen (secondary N) is 1. The first kappa shape index (κ1) is 11.6. The molecule has 1 unspecified atom stereocenters. The molecular weight excluding hydrogens is 206 g/mol. The van der Waals surface area contributed by atoms with Gasteiger partial charge >= 0.3 is 0 Å². The second-order valence-electron chi connectivity index (χ2n) is 4.14. The second kappa shape index (κ2) is 5.44. The van der Waals surface area contributed by atoms with Crippen LogP contribution < -0.4 is 0 Å². The molecule has 1 N–H and O–H groups in total. The lowest BCUT2D eigenvalue weighted by Gasteiger charge is -2.15. The molecule has 0 bridgehead atoms. The number of allylic oxidation sites excluding steroid dienone is 5. The summed E-state index contributed by atoms with van der Waals surface area (Å²) < 4.78 is 0. The predicted octanol–water partition coefficient (Wildman–Crippen LogP) is 4.24. The van der Waals surface area contributed by atoms with Crippen molar-refractivity contribution in [3.63, 3.8) is 0 Å². The van der Waals surface area contributed by atoms with E-state index in [1.54, 1.807) is 0 Å². The Bertz CT molecular complexity index is 478. The lowest BCUT2D eigenvalue weighted by molar-refractivity contribution is 1.04. The van der Waals surface area contributed by atoms with E-state index in [0.29, 0.717) is 0 Å². The summed E-state index contributed by atoms with van der Waals surface area (Å²) in [4.78, 5) is 0. The topological polar surface area (TPSA) is 23.9 Å². The van der Waals surface area contributed by atoms with Crippen molar-refractivity contribution in [3.8, 4) is 0 Å². The molecule has 1 aliphatic rings. The molecule has 1 aromatic carbocycles. The summed E-state index contributed by atoms with van der Waals surface area (Å²) in [6.07, 6.45) is 11.3. The summed E-state index contributed by atoms with van der Waals surface area (Å²) in [7, 11) is 0. The lowest BCUT2D eigenvalue weighted by Crippen LogP contribution is -2.13. The normalized spacial score (nSPS) is 19.7. The molecule has 0 fully saturated rings. The van der Waals surface area contributed by atoms with E-state index in [4.69, 9.17) is 5.41 Å². The Kier molecular flexibility index (Phi) is 3.71. The molecule has 2 rings (SSSR count). The molecule has 1 atom stereocenters. The van der Waals surface area contributed by atoms with Crippen LogP contribution in [-0.2, 0) is 0 Å². The predicted molar refractivity (Wildman–Crippen MR) is 74.2 cm³/mol. The van der Waals surface area contributed by atoms with Gasteiger partial charge in [-0.25, -0.2) is 0 Å². The summed E-state index contributed by atoms with van der Waals surface area (Å²) in [6, 6.07) is 10.2. The van der Waals surface area contributed by atoms with Crippen LogP contribution in [0, 0.1) is 11.3 Å². The first-order chi connectivity index (χ1) is 8.31. The largest absolute Gasteiger partial charge is 0.304 e. The molecule has 86 valence electrons. The summed E-state index contributed by atoms with van der Waals surface area (Å²) in [5.41, 5.74) is 3.04. The van der Waals surface area contributed by atoms with Gasteiger partial charge in [0.05, 0.1) is 0 Å². The quantitative estimate of drug-likeness (QED) is 0.792. The van der Waals surface area contributed by atoms with Crippen molar-refractivity contribution >= 4 is 11.8 Å². The first-order valence-electron chi connectivity index (χ1n) is 6.00. The van der Waals surface area contributed by atoms with Gasteiger partial charge < -0.3 is 5.41 Å². The van der Waals surface area contributed by atoms with Crippen LogP contribution in [0.15, 0.2) is 60.2 Å². The molecule has 17 heavy (non-hydrogen) atoms.